The van der Waals surface area contributed by atoms with Crippen LogP contribution in [0.25, 0.3) is 0 Å². The van der Waals surface area contributed by atoms with Gasteiger partial charge in [-0.2, -0.15) is 13.2 Å². The highest BCUT2D eigenvalue weighted by atomic mass is 19.4. The maximum Gasteiger partial charge on any atom is 0.391 e. The van der Waals surface area contributed by atoms with Gasteiger partial charge in [-0.25, -0.2) is 4.79 Å². The molecule has 0 aliphatic heterocycles. The Balaban J connectivity index is 2.23. The van der Waals surface area contributed by atoms with Gasteiger partial charge in [0.05, 0.1) is 5.92 Å². The Labute approximate surface area is 106 Å². The fourth-order valence-corrected chi connectivity index (χ4v) is 2.46. The van der Waals surface area contributed by atoms with E-state index in [0.29, 0.717) is 0 Å². The number of furan rings is 1. The first-order valence-electron chi connectivity index (χ1n) is 5.85. The minimum atomic E-state index is -4.36. The minimum Gasteiger partial charge on any atom is -0.475 e. The highest BCUT2D eigenvalue weighted by molar-refractivity contribution is 5.84. The van der Waals surface area contributed by atoms with E-state index in [0.717, 1.165) is 6.07 Å². The molecular weight excluding hydrogens is 265 g/mol. The maximum atomic E-state index is 12.7. The zero-order valence-corrected chi connectivity index (χ0v) is 9.91. The summed E-state index contributed by atoms with van der Waals surface area (Å²) in [5, 5.41) is 19.0. The van der Waals surface area contributed by atoms with E-state index in [1.807, 2.05) is 0 Å². The van der Waals surface area contributed by atoms with Crippen molar-refractivity contribution in [2.75, 3.05) is 0 Å². The molecule has 2 atom stereocenters. The molecule has 2 unspecified atom stereocenters. The van der Waals surface area contributed by atoms with Gasteiger partial charge in [-0.05, 0) is 37.8 Å². The molecule has 106 valence electrons. The second-order valence-electron chi connectivity index (χ2n) is 4.84. The van der Waals surface area contributed by atoms with Crippen molar-refractivity contribution in [3.05, 3.63) is 23.7 Å². The molecule has 1 heterocycles. The van der Waals surface area contributed by atoms with Crippen LogP contribution in [-0.2, 0) is 5.60 Å². The van der Waals surface area contributed by atoms with E-state index in [1.54, 1.807) is 0 Å². The number of aromatic carboxylic acids is 1. The van der Waals surface area contributed by atoms with Gasteiger partial charge in [-0.3, -0.25) is 0 Å². The lowest BCUT2D eigenvalue weighted by Crippen LogP contribution is -2.38. The van der Waals surface area contributed by atoms with Crippen molar-refractivity contribution < 1.29 is 32.6 Å². The van der Waals surface area contributed by atoms with Crippen molar-refractivity contribution in [1.29, 1.82) is 0 Å². The van der Waals surface area contributed by atoms with Crippen molar-refractivity contribution in [3.63, 3.8) is 0 Å². The normalized spacial score (nSPS) is 28.3. The fraction of sp³-hybridized carbons (Fsp3) is 0.583. The summed E-state index contributed by atoms with van der Waals surface area (Å²) in [6.45, 7) is 0. The predicted octanol–water partition coefficient (Wildman–Crippen LogP) is 2.92. The van der Waals surface area contributed by atoms with Crippen molar-refractivity contribution in [1.82, 2.24) is 0 Å². The van der Waals surface area contributed by atoms with Gasteiger partial charge < -0.3 is 14.6 Å². The van der Waals surface area contributed by atoms with Gasteiger partial charge in [0.15, 0.2) is 0 Å². The molecule has 1 saturated carbocycles. The number of halogens is 3. The molecular formula is C12H13F3O4. The van der Waals surface area contributed by atoms with E-state index in [1.165, 1.54) is 6.07 Å². The number of hydrogen-bond acceptors (Lipinski definition) is 3. The van der Waals surface area contributed by atoms with Crippen LogP contribution in [0.4, 0.5) is 13.2 Å². The van der Waals surface area contributed by atoms with Crippen LogP contribution in [0.1, 0.15) is 42.0 Å². The topological polar surface area (TPSA) is 70.7 Å². The molecule has 0 spiro atoms. The van der Waals surface area contributed by atoms with Crippen LogP contribution in [0.2, 0.25) is 0 Å². The lowest BCUT2D eigenvalue weighted by molar-refractivity contribution is -0.203. The first-order valence-corrected chi connectivity index (χ1v) is 5.85. The quantitative estimate of drug-likeness (QED) is 0.872. The third-order valence-corrected chi connectivity index (χ3v) is 3.47. The number of aliphatic hydroxyl groups is 1. The Morgan fingerprint density at radius 2 is 2.11 bits per heavy atom. The fourth-order valence-electron chi connectivity index (χ4n) is 2.46. The summed E-state index contributed by atoms with van der Waals surface area (Å²) in [7, 11) is 0. The molecule has 0 bridgehead atoms. The zero-order chi connectivity index (χ0) is 14.3. The Bertz CT molecular complexity index is 480. The molecule has 0 radical (unpaired) electrons. The number of carboxylic acids is 1. The van der Waals surface area contributed by atoms with Gasteiger partial charge in [0.1, 0.15) is 11.4 Å². The molecule has 1 fully saturated rings. The summed E-state index contributed by atoms with van der Waals surface area (Å²) >= 11 is 0. The maximum absolute atomic E-state index is 12.7. The minimum absolute atomic E-state index is 0.0295. The van der Waals surface area contributed by atoms with Crippen LogP contribution in [0.3, 0.4) is 0 Å². The van der Waals surface area contributed by atoms with E-state index in [-0.39, 0.29) is 25.0 Å². The van der Waals surface area contributed by atoms with E-state index in [4.69, 9.17) is 9.52 Å². The SMILES string of the molecule is O=C(O)c1ccc(C2(O)CCCC(C(F)(F)F)C2)o1. The Kier molecular flexibility index (Phi) is 3.34. The van der Waals surface area contributed by atoms with Crippen LogP contribution in [0.5, 0.6) is 0 Å². The lowest BCUT2D eigenvalue weighted by atomic mass is 9.76. The Morgan fingerprint density at radius 1 is 1.42 bits per heavy atom. The van der Waals surface area contributed by atoms with Crippen molar-refractivity contribution in [3.8, 4) is 0 Å². The average Bonchev–Trinajstić information content (AvgIpc) is 2.77. The summed E-state index contributed by atoms with van der Waals surface area (Å²) < 4.78 is 43.0. The highest BCUT2D eigenvalue weighted by Gasteiger charge is 2.48. The molecule has 0 aromatic carbocycles. The molecule has 2 N–H and O–H groups in total. The van der Waals surface area contributed by atoms with E-state index in [2.05, 4.69) is 0 Å². The first-order chi connectivity index (χ1) is 8.72. The summed E-state index contributed by atoms with van der Waals surface area (Å²) in [4.78, 5) is 10.7. The third-order valence-electron chi connectivity index (χ3n) is 3.47. The van der Waals surface area contributed by atoms with Gasteiger partial charge in [-0.1, -0.05) is 0 Å². The van der Waals surface area contributed by atoms with E-state index < -0.39 is 35.8 Å². The predicted molar refractivity (Wildman–Crippen MR) is 57.6 cm³/mol. The third kappa shape index (κ3) is 2.75. The Hall–Kier alpha value is -1.50. The lowest BCUT2D eigenvalue weighted by Gasteiger charge is -2.36. The summed E-state index contributed by atoms with van der Waals surface area (Å²) in [6, 6.07) is 2.36. The van der Waals surface area contributed by atoms with Crippen molar-refractivity contribution in [2.24, 2.45) is 5.92 Å². The number of alkyl halides is 3. The first kappa shape index (κ1) is 13.9. The largest absolute Gasteiger partial charge is 0.475 e. The number of carbonyl (C=O) groups is 1. The van der Waals surface area contributed by atoms with Crippen molar-refractivity contribution >= 4 is 5.97 Å². The second kappa shape index (κ2) is 4.56. The summed E-state index contributed by atoms with van der Waals surface area (Å²) in [5.41, 5.74) is -1.74. The van der Waals surface area contributed by atoms with Crippen LogP contribution in [-0.4, -0.2) is 22.4 Å². The van der Waals surface area contributed by atoms with Gasteiger partial charge >= 0.3 is 12.1 Å². The highest BCUT2D eigenvalue weighted by Crippen LogP contribution is 2.46. The average molecular weight is 278 g/mol. The second-order valence-corrected chi connectivity index (χ2v) is 4.84. The van der Waals surface area contributed by atoms with Crippen molar-refractivity contribution in [2.45, 2.75) is 37.5 Å². The van der Waals surface area contributed by atoms with Gasteiger partial charge in [0.25, 0.3) is 0 Å². The summed E-state index contributed by atoms with van der Waals surface area (Å²) in [5.74, 6) is -3.42. The van der Waals surface area contributed by atoms with Gasteiger partial charge in [-0.15, -0.1) is 0 Å². The van der Waals surface area contributed by atoms with Crippen LogP contribution in [0, 0.1) is 5.92 Å². The molecule has 1 aromatic rings. The van der Waals surface area contributed by atoms with Crippen LogP contribution < -0.4 is 0 Å². The summed E-state index contributed by atoms with van der Waals surface area (Å²) in [6.07, 6.45) is -4.55. The molecule has 19 heavy (non-hydrogen) atoms. The molecule has 0 saturated heterocycles. The van der Waals surface area contributed by atoms with Crippen LogP contribution in [0.15, 0.2) is 16.5 Å². The smallest absolute Gasteiger partial charge is 0.391 e. The number of rotatable bonds is 2. The van der Waals surface area contributed by atoms with E-state index >= 15 is 0 Å². The Morgan fingerprint density at radius 3 is 2.63 bits per heavy atom. The van der Waals surface area contributed by atoms with Gasteiger partial charge in [0, 0.05) is 0 Å². The molecule has 2 rings (SSSR count). The van der Waals surface area contributed by atoms with Crippen LogP contribution >= 0.6 is 0 Å². The molecule has 1 aliphatic carbocycles. The molecule has 1 aliphatic rings. The monoisotopic (exact) mass is 278 g/mol. The van der Waals surface area contributed by atoms with Gasteiger partial charge in [0.2, 0.25) is 5.76 Å². The molecule has 7 heteroatoms. The molecule has 0 amide bonds. The zero-order valence-electron chi connectivity index (χ0n) is 9.91. The standard InChI is InChI=1S/C12H13F3O4/c13-12(14,15)7-2-1-5-11(18,6-7)9-4-3-8(19-9)10(16)17/h3-4,7,18H,1-2,5-6H2,(H,16,17). The van der Waals surface area contributed by atoms with E-state index in [9.17, 15) is 23.1 Å². The number of carboxylic acid groups (broad SMARTS) is 1. The molecule has 4 nitrogen and oxygen atoms in total. The molecule has 1 aromatic heterocycles. The number of hydrogen-bond donors (Lipinski definition) is 2.